The number of H-pyrrole nitrogens is 1. The van der Waals surface area contributed by atoms with Crippen LogP contribution in [0, 0.1) is 32.0 Å². The van der Waals surface area contributed by atoms with Crippen LogP contribution in [-0.4, -0.2) is 22.6 Å². The van der Waals surface area contributed by atoms with Gasteiger partial charge in [-0.15, -0.1) is 0 Å². The van der Waals surface area contributed by atoms with E-state index >= 15 is 4.39 Å². The molecule has 0 amide bonds. The van der Waals surface area contributed by atoms with Crippen LogP contribution < -0.4 is 16.1 Å². The van der Waals surface area contributed by atoms with E-state index in [2.05, 4.69) is 16.3 Å². The van der Waals surface area contributed by atoms with Gasteiger partial charge < -0.3 is 4.90 Å². The number of nitrogens with zero attached hydrogens (tertiary/aromatic N) is 2. The predicted molar refractivity (Wildman–Crippen MR) is 96.8 cm³/mol. The van der Waals surface area contributed by atoms with Gasteiger partial charge in [0.2, 0.25) is 0 Å². The number of hydrogen-bond acceptors (Lipinski definition) is 3. The van der Waals surface area contributed by atoms with Crippen LogP contribution in [0.2, 0.25) is 0 Å². The second kappa shape index (κ2) is 5.71. The van der Waals surface area contributed by atoms with Crippen molar-refractivity contribution in [1.29, 1.82) is 0 Å². The van der Waals surface area contributed by atoms with Crippen molar-refractivity contribution in [3.8, 4) is 0 Å². The molecule has 2 aliphatic rings. The average molecular weight is 344 g/mol. The molecule has 1 aliphatic heterocycles. The summed E-state index contributed by atoms with van der Waals surface area (Å²) in [6.07, 6.45) is 4.99. The van der Waals surface area contributed by atoms with Gasteiger partial charge in [0.05, 0.1) is 16.6 Å². The third-order valence-electron chi connectivity index (χ3n) is 5.69. The summed E-state index contributed by atoms with van der Waals surface area (Å²) >= 11 is 0. The van der Waals surface area contributed by atoms with E-state index in [0.29, 0.717) is 33.6 Å². The summed E-state index contributed by atoms with van der Waals surface area (Å²) in [4.78, 5) is 29.2. The first-order chi connectivity index (χ1) is 11.9. The number of anilines is 1. The number of aromatic amines is 1. The zero-order valence-electron chi connectivity index (χ0n) is 14.9. The van der Waals surface area contributed by atoms with E-state index in [1.54, 1.807) is 11.5 Å². The molecule has 133 valence electrons. The lowest BCUT2D eigenvalue weighted by Crippen LogP contribution is -2.32. The van der Waals surface area contributed by atoms with Crippen LogP contribution >= 0.6 is 0 Å². The van der Waals surface area contributed by atoms with Crippen molar-refractivity contribution >= 4 is 16.6 Å². The van der Waals surface area contributed by atoms with E-state index in [4.69, 9.17) is 0 Å². The summed E-state index contributed by atoms with van der Waals surface area (Å²) in [5.74, 6) is 0.104. The van der Waals surface area contributed by atoms with Crippen LogP contribution in [0.5, 0.6) is 0 Å². The Kier molecular flexibility index (Phi) is 3.74. The molecule has 4 rings (SSSR count). The molecular formula is C19H23FN3O2. The van der Waals surface area contributed by atoms with Crippen molar-refractivity contribution in [1.82, 2.24) is 9.55 Å². The standard InChI is InChI=1S/C19H23FN3O2/c1-4-12-7-8-22(9-12)17-11(3)16-14(10(2)15(17)20)18(24)21-19(25)23(16)13-5-6-13/h4,12-13H,5-9H2,1-3H3,(H,21,24,25)/t12-/m1/s1. The normalized spacial score (nSPS) is 20.6. The Morgan fingerprint density at radius 1 is 1.16 bits per heavy atom. The van der Waals surface area contributed by atoms with E-state index in [1.807, 2.05) is 13.8 Å². The molecule has 0 bridgehead atoms. The molecule has 1 aromatic heterocycles. The van der Waals surface area contributed by atoms with Crippen molar-refractivity contribution in [3.63, 3.8) is 0 Å². The Hall–Kier alpha value is -2.11. The first-order valence-corrected chi connectivity index (χ1v) is 8.95. The van der Waals surface area contributed by atoms with Gasteiger partial charge in [-0.3, -0.25) is 14.3 Å². The minimum Gasteiger partial charge on any atom is -0.369 e. The maximum atomic E-state index is 15.2. The third-order valence-corrected chi connectivity index (χ3v) is 5.69. The third kappa shape index (κ3) is 2.41. The van der Waals surface area contributed by atoms with Crippen molar-refractivity contribution in [2.75, 3.05) is 18.0 Å². The SMILES string of the molecule is C[CH][C@@H]1CCN(c2c(F)c(C)c3c(=O)[nH]c(=O)n(C4CC4)c3c2C)C1. The number of hydrogen-bond donors (Lipinski definition) is 1. The largest absolute Gasteiger partial charge is 0.369 e. The van der Waals surface area contributed by atoms with E-state index in [9.17, 15) is 9.59 Å². The second-order valence-corrected chi connectivity index (χ2v) is 7.32. The van der Waals surface area contributed by atoms with Crippen molar-refractivity contribution in [2.24, 2.45) is 5.92 Å². The molecule has 1 saturated heterocycles. The Morgan fingerprint density at radius 2 is 1.88 bits per heavy atom. The van der Waals surface area contributed by atoms with Gasteiger partial charge in [0.15, 0.2) is 5.82 Å². The second-order valence-electron chi connectivity index (χ2n) is 7.32. The van der Waals surface area contributed by atoms with Gasteiger partial charge in [-0.25, -0.2) is 9.18 Å². The lowest BCUT2D eigenvalue weighted by atomic mass is 10.0. The molecule has 6 heteroatoms. The van der Waals surface area contributed by atoms with E-state index in [1.165, 1.54) is 0 Å². The van der Waals surface area contributed by atoms with Crippen LogP contribution in [0.3, 0.4) is 0 Å². The van der Waals surface area contributed by atoms with Gasteiger partial charge in [-0.1, -0.05) is 6.92 Å². The highest BCUT2D eigenvalue weighted by atomic mass is 19.1. The molecule has 1 N–H and O–H groups in total. The number of benzene rings is 1. The summed E-state index contributed by atoms with van der Waals surface area (Å²) in [6.45, 7) is 7.07. The van der Waals surface area contributed by atoms with Gasteiger partial charge >= 0.3 is 5.69 Å². The smallest absolute Gasteiger partial charge is 0.329 e. The van der Waals surface area contributed by atoms with Gasteiger partial charge in [-0.2, -0.15) is 0 Å². The summed E-state index contributed by atoms with van der Waals surface area (Å²) in [6, 6.07) is 0.110. The molecule has 0 spiro atoms. The van der Waals surface area contributed by atoms with Crippen molar-refractivity contribution < 1.29 is 4.39 Å². The molecular weight excluding hydrogens is 321 g/mol. The topological polar surface area (TPSA) is 58.1 Å². The van der Waals surface area contributed by atoms with Crippen LogP contribution in [0.4, 0.5) is 10.1 Å². The van der Waals surface area contributed by atoms with E-state index in [0.717, 1.165) is 32.4 Å². The summed E-state index contributed by atoms with van der Waals surface area (Å²) in [5.41, 5.74) is 1.30. The van der Waals surface area contributed by atoms with Crippen LogP contribution in [-0.2, 0) is 0 Å². The Balaban J connectivity index is 2.04. The zero-order chi connectivity index (χ0) is 17.9. The lowest BCUT2D eigenvalue weighted by molar-refractivity contribution is 0.611. The number of aromatic nitrogens is 2. The number of fused-ring (bicyclic) bond motifs is 1. The molecule has 1 saturated carbocycles. The van der Waals surface area contributed by atoms with Crippen LogP contribution in [0.25, 0.3) is 10.9 Å². The number of rotatable bonds is 3. The molecule has 2 aromatic rings. The summed E-state index contributed by atoms with van der Waals surface area (Å²) in [7, 11) is 0. The first kappa shape index (κ1) is 16.4. The molecule has 1 aromatic carbocycles. The molecule has 1 aliphatic carbocycles. The minimum absolute atomic E-state index is 0.110. The molecule has 0 unspecified atom stereocenters. The van der Waals surface area contributed by atoms with Gasteiger partial charge in [-0.05, 0) is 45.4 Å². The molecule has 25 heavy (non-hydrogen) atoms. The van der Waals surface area contributed by atoms with Gasteiger partial charge in [0.25, 0.3) is 5.56 Å². The summed E-state index contributed by atoms with van der Waals surface area (Å²) in [5, 5.41) is 0.308. The highest BCUT2D eigenvalue weighted by molar-refractivity contribution is 5.90. The Labute approximate surface area is 145 Å². The number of aryl methyl sites for hydroxylation is 2. The van der Waals surface area contributed by atoms with Gasteiger partial charge in [0.1, 0.15) is 0 Å². The molecule has 1 radical (unpaired) electrons. The first-order valence-electron chi connectivity index (χ1n) is 8.95. The molecule has 1 atom stereocenters. The Bertz CT molecular complexity index is 972. The van der Waals surface area contributed by atoms with Crippen LogP contribution in [0.1, 0.15) is 43.4 Å². The average Bonchev–Trinajstić information content (AvgIpc) is 3.29. The minimum atomic E-state index is -0.496. The highest BCUT2D eigenvalue weighted by Crippen LogP contribution is 2.40. The van der Waals surface area contributed by atoms with E-state index in [-0.39, 0.29) is 17.5 Å². The fourth-order valence-corrected chi connectivity index (χ4v) is 4.15. The molecule has 5 nitrogen and oxygen atoms in total. The highest BCUT2D eigenvalue weighted by Gasteiger charge is 2.32. The molecule has 2 fully saturated rings. The fraction of sp³-hybridized carbons (Fsp3) is 0.526. The fourth-order valence-electron chi connectivity index (χ4n) is 4.15. The van der Waals surface area contributed by atoms with Crippen molar-refractivity contribution in [3.05, 3.63) is 44.2 Å². The quantitative estimate of drug-likeness (QED) is 0.931. The van der Waals surface area contributed by atoms with E-state index < -0.39 is 5.56 Å². The van der Waals surface area contributed by atoms with Gasteiger partial charge in [0, 0.05) is 30.3 Å². The maximum Gasteiger partial charge on any atom is 0.329 e. The molecule has 2 heterocycles. The maximum absolute atomic E-state index is 15.2. The van der Waals surface area contributed by atoms with Crippen LogP contribution in [0.15, 0.2) is 9.59 Å². The predicted octanol–water partition coefficient (Wildman–Crippen LogP) is 2.83. The monoisotopic (exact) mass is 344 g/mol. The summed E-state index contributed by atoms with van der Waals surface area (Å²) < 4.78 is 16.9. The zero-order valence-corrected chi connectivity index (χ0v) is 14.9. The number of nitrogens with one attached hydrogen (secondary N) is 1. The Morgan fingerprint density at radius 3 is 2.48 bits per heavy atom. The lowest BCUT2D eigenvalue weighted by Gasteiger charge is -2.25. The number of halogens is 1. The van der Waals surface area contributed by atoms with Crippen molar-refractivity contribution in [2.45, 2.75) is 46.1 Å².